The fraction of sp³-hybridized carbons (Fsp3) is 0.588. The van der Waals surface area contributed by atoms with Crippen LogP contribution < -0.4 is 5.32 Å². The van der Waals surface area contributed by atoms with Crippen molar-refractivity contribution < 1.29 is 14.6 Å². The number of nitrogens with one attached hydrogen (secondary N) is 1. The van der Waals surface area contributed by atoms with Crippen LogP contribution in [0.25, 0.3) is 0 Å². The second-order valence-corrected chi connectivity index (χ2v) is 6.04. The Bertz CT molecular complexity index is 442. The van der Waals surface area contributed by atoms with E-state index in [1.54, 1.807) is 0 Å². The second kappa shape index (κ2) is 8.76. The van der Waals surface area contributed by atoms with Crippen LogP contribution in [0.1, 0.15) is 25.3 Å². The molecule has 122 valence electrons. The van der Waals surface area contributed by atoms with Gasteiger partial charge in [-0.25, -0.2) is 4.79 Å². The van der Waals surface area contributed by atoms with E-state index in [4.69, 9.17) is 4.74 Å². The van der Waals surface area contributed by atoms with Crippen LogP contribution in [0.4, 0.5) is 4.79 Å². The van der Waals surface area contributed by atoms with Gasteiger partial charge in [0, 0.05) is 13.1 Å². The summed E-state index contributed by atoms with van der Waals surface area (Å²) in [4.78, 5) is 14.0. The van der Waals surface area contributed by atoms with Gasteiger partial charge in [0.15, 0.2) is 0 Å². The van der Waals surface area contributed by atoms with E-state index in [1.807, 2.05) is 37.3 Å². The van der Waals surface area contributed by atoms with Crippen molar-refractivity contribution in [3.05, 3.63) is 35.9 Å². The summed E-state index contributed by atoms with van der Waals surface area (Å²) in [6.45, 7) is 5.48. The van der Waals surface area contributed by atoms with Gasteiger partial charge in [-0.3, -0.25) is 0 Å². The number of likely N-dealkylation sites (tertiary alicyclic amines) is 1. The first-order valence-electron chi connectivity index (χ1n) is 7.98. The summed E-state index contributed by atoms with van der Waals surface area (Å²) >= 11 is 0. The average Bonchev–Trinajstić information content (AvgIpc) is 2.53. The molecule has 0 aliphatic carbocycles. The third-order valence-electron chi connectivity index (χ3n) is 3.98. The first kappa shape index (κ1) is 16.8. The molecule has 1 unspecified atom stereocenters. The lowest BCUT2D eigenvalue weighted by molar-refractivity contribution is 0.0980. The smallest absolute Gasteiger partial charge is 0.407 e. The summed E-state index contributed by atoms with van der Waals surface area (Å²) in [7, 11) is 0. The minimum absolute atomic E-state index is 0.275. The predicted octanol–water partition coefficient (Wildman–Crippen LogP) is 2.01. The summed E-state index contributed by atoms with van der Waals surface area (Å²) in [5.74, 6) is 0.495. The molecule has 1 fully saturated rings. The van der Waals surface area contributed by atoms with Gasteiger partial charge < -0.3 is 20.1 Å². The zero-order valence-corrected chi connectivity index (χ0v) is 13.2. The summed E-state index contributed by atoms with van der Waals surface area (Å²) < 4.78 is 5.20. The molecule has 1 aromatic rings. The van der Waals surface area contributed by atoms with Crippen LogP contribution in [-0.2, 0) is 11.3 Å². The minimum Gasteiger partial charge on any atom is -0.445 e. The molecule has 1 atom stereocenters. The number of aliphatic hydroxyl groups is 1. The normalized spacial score (nSPS) is 17.9. The molecule has 0 spiro atoms. The maximum absolute atomic E-state index is 11.7. The zero-order chi connectivity index (χ0) is 15.8. The fourth-order valence-corrected chi connectivity index (χ4v) is 2.75. The Balaban J connectivity index is 1.59. The van der Waals surface area contributed by atoms with Gasteiger partial charge in [0.2, 0.25) is 0 Å². The van der Waals surface area contributed by atoms with E-state index in [-0.39, 0.29) is 12.2 Å². The van der Waals surface area contributed by atoms with E-state index >= 15 is 0 Å². The van der Waals surface area contributed by atoms with Crippen LogP contribution in [0, 0.1) is 5.92 Å². The van der Waals surface area contributed by atoms with Crippen molar-refractivity contribution in [3.63, 3.8) is 0 Å². The number of hydrogen-bond acceptors (Lipinski definition) is 4. The van der Waals surface area contributed by atoms with Gasteiger partial charge in [-0.05, 0) is 44.3 Å². The standard InChI is InChI=1S/C17H26N2O3/c1-14(20)12-19-9-7-15(8-10-19)11-18-17(21)22-13-16-5-3-2-4-6-16/h2-6,14-15,20H,7-13H2,1H3,(H,18,21). The lowest BCUT2D eigenvalue weighted by Crippen LogP contribution is -2.41. The largest absolute Gasteiger partial charge is 0.445 e. The van der Waals surface area contributed by atoms with E-state index in [1.165, 1.54) is 0 Å². The number of carbonyl (C=O) groups is 1. The van der Waals surface area contributed by atoms with Crippen molar-refractivity contribution in [3.8, 4) is 0 Å². The molecule has 0 aromatic heterocycles. The van der Waals surface area contributed by atoms with E-state index < -0.39 is 0 Å². The summed E-state index contributed by atoms with van der Waals surface area (Å²) in [5, 5.41) is 12.2. The average molecular weight is 306 g/mol. The number of aliphatic hydroxyl groups excluding tert-OH is 1. The highest BCUT2D eigenvalue weighted by molar-refractivity contribution is 5.67. The Hall–Kier alpha value is -1.59. The first-order chi connectivity index (χ1) is 10.6. The number of amides is 1. The molecule has 1 saturated heterocycles. The third kappa shape index (κ3) is 6.03. The fourth-order valence-electron chi connectivity index (χ4n) is 2.75. The third-order valence-corrected chi connectivity index (χ3v) is 3.98. The Morgan fingerprint density at radius 1 is 1.36 bits per heavy atom. The minimum atomic E-state index is -0.352. The summed E-state index contributed by atoms with van der Waals surface area (Å²) in [6.07, 6.45) is 1.47. The van der Waals surface area contributed by atoms with Crippen LogP contribution >= 0.6 is 0 Å². The quantitative estimate of drug-likeness (QED) is 0.844. The Morgan fingerprint density at radius 2 is 2.05 bits per heavy atom. The molecule has 1 amide bonds. The number of alkyl carbamates (subject to hydrolysis) is 1. The van der Waals surface area contributed by atoms with Crippen LogP contribution in [0.2, 0.25) is 0 Å². The molecular formula is C17H26N2O3. The molecule has 1 aliphatic rings. The number of carbonyl (C=O) groups excluding carboxylic acids is 1. The van der Waals surface area contributed by atoms with Gasteiger partial charge in [-0.15, -0.1) is 0 Å². The van der Waals surface area contributed by atoms with Crippen molar-refractivity contribution in [2.24, 2.45) is 5.92 Å². The van der Waals surface area contributed by atoms with Crippen LogP contribution in [-0.4, -0.2) is 48.4 Å². The van der Waals surface area contributed by atoms with Crippen LogP contribution in [0.15, 0.2) is 30.3 Å². The highest BCUT2D eigenvalue weighted by Gasteiger charge is 2.20. The Kier molecular flexibility index (Phi) is 6.68. The number of β-amino-alcohol motifs (C(OH)–C–C–N with tert-alkyl or cyclic N) is 1. The molecule has 1 aliphatic heterocycles. The van der Waals surface area contributed by atoms with Crippen LogP contribution in [0.3, 0.4) is 0 Å². The molecule has 0 radical (unpaired) electrons. The highest BCUT2D eigenvalue weighted by Crippen LogP contribution is 2.16. The van der Waals surface area contributed by atoms with E-state index in [2.05, 4.69) is 10.2 Å². The number of ether oxygens (including phenoxy) is 1. The molecule has 0 saturated carbocycles. The maximum atomic E-state index is 11.7. The van der Waals surface area contributed by atoms with Crippen molar-refractivity contribution in [2.75, 3.05) is 26.2 Å². The van der Waals surface area contributed by atoms with E-state index in [0.717, 1.165) is 38.0 Å². The maximum Gasteiger partial charge on any atom is 0.407 e. The molecule has 1 heterocycles. The molecule has 1 aromatic carbocycles. The molecule has 22 heavy (non-hydrogen) atoms. The first-order valence-corrected chi connectivity index (χ1v) is 7.98. The summed E-state index contributed by atoms with van der Waals surface area (Å²) in [6, 6.07) is 9.67. The Morgan fingerprint density at radius 3 is 2.68 bits per heavy atom. The second-order valence-electron chi connectivity index (χ2n) is 6.04. The monoisotopic (exact) mass is 306 g/mol. The molecule has 0 bridgehead atoms. The number of nitrogens with zero attached hydrogens (tertiary/aromatic N) is 1. The molecular weight excluding hydrogens is 280 g/mol. The van der Waals surface area contributed by atoms with E-state index in [9.17, 15) is 9.90 Å². The molecule has 5 nitrogen and oxygen atoms in total. The zero-order valence-electron chi connectivity index (χ0n) is 13.2. The van der Waals surface area contributed by atoms with Crippen molar-refractivity contribution in [1.82, 2.24) is 10.2 Å². The van der Waals surface area contributed by atoms with Gasteiger partial charge in [0.1, 0.15) is 6.61 Å². The lowest BCUT2D eigenvalue weighted by atomic mass is 9.96. The van der Waals surface area contributed by atoms with Gasteiger partial charge >= 0.3 is 6.09 Å². The highest BCUT2D eigenvalue weighted by atomic mass is 16.5. The molecule has 2 rings (SSSR count). The van der Waals surface area contributed by atoms with Crippen molar-refractivity contribution in [2.45, 2.75) is 32.5 Å². The van der Waals surface area contributed by atoms with Crippen molar-refractivity contribution >= 4 is 6.09 Å². The van der Waals surface area contributed by atoms with Gasteiger partial charge in [-0.1, -0.05) is 30.3 Å². The molecule has 2 N–H and O–H groups in total. The number of piperidine rings is 1. The number of rotatable bonds is 6. The van der Waals surface area contributed by atoms with Gasteiger partial charge in [0.25, 0.3) is 0 Å². The molecule has 5 heteroatoms. The number of hydrogen-bond donors (Lipinski definition) is 2. The van der Waals surface area contributed by atoms with E-state index in [0.29, 0.717) is 19.1 Å². The Labute approximate surface area is 132 Å². The van der Waals surface area contributed by atoms with Crippen LogP contribution in [0.5, 0.6) is 0 Å². The lowest BCUT2D eigenvalue weighted by Gasteiger charge is -2.32. The topological polar surface area (TPSA) is 61.8 Å². The predicted molar refractivity (Wildman–Crippen MR) is 85.5 cm³/mol. The van der Waals surface area contributed by atoms with Crippen molar-refractivity contribution in [1.29, 1.82) is 0 Å². The summed E-state index contributed by atoms with van der Waals surface area (Å²) in [5.41, 5.74) is 0.990. The number of benzene rings is 1. The SMILES string of the molecule is CC(O)CN1CCC(CNC(=O)OCc2ccccc2)CC1. The van der Waals surface area contributed by atoms with Gasteiger partial charge in [-0.2, -0.15) is 0 Å². The van der Waals surface area contributed by atoms with Gasteiger partial charge in [0.05, 0.1) is 6.10 Å².